The highest BCUT2D eigenvalue weighted by Crippen LogP contribution is 2.32. The van der Waals surface area contributed by atoms with Crippen molar-refractivity contribution in [3.8, 4) is 22.8 Å². The molecule has 0 saturated heterocycles. The highest BCUT2D eigenvalue weighted by atomic mass is 16.7. The molecule has 0 N–H and O–H groups in total. The Morgan fingerprint density at radius 3 is 2.76 bits per heavy atom. The van der Waals surface area contributed by atoms with Gasteiger partial charge in [-0.3, -0.25) is 0 Å². The second-order valence-electron chi connectivity index (χ2n) is 4.86. The first-order chi connectivity index (χ1) is 10.4. The van der Waals surface area contributed by atoms with Gasteiger partial charge in [-0.25, -0.2) is 4.68 Å². The van der Waals surface area contributed by atoms with Crippen LogP contribution in [0.25, 0.3) is 11.3 Å². The molecule has 0 unspecified atom stereocenters. The number of nitrogens with zero attached hydrogens (tertiary/aromatic N) is 3. The van der Waals surface area contributed by atoms with Gasteiger partial charge in [-0.15, -0.1) is 5.10 Å². The van der Waals surface area contributed by atoms with E-state index in [0.717, 1.165) is 28.3 Å². The van der Waals surface area contributed by atoms with Crippen molar-refractivity contribution in [2.75, 3.05) is 6.79 Å². The number of rotatable bonds is 3. The Labute approximate surface area is 121 Å². The van der Waals surface area contributed by atoms with Crippen LogP contribution in [-0.4, -0.2) is 21.8 Å². The van der Waals surface area contributed by atoms with E-state index in [1.165, 1.54) is 0 Å². The smallest absolute Gasteiger partial charge is 0.231 e. The van der Waals surface area contributed by atoms with Crippen LogP contribution >= 0.6 is 0 Å². The number of ether oxygens (including phenoxy) is 2. The molecule has 4 rings (SSSR count). The predicted molar refractivity (Wildman–Crippen MR) is 77.1 cm³/mol. The van der Waals surface area contributed by atoms with Crippen molar-refractivity contribution in [3.05, 3.63) is 60.3 Å². The van der Waals surface area contributed by atoms with Crippen LogP contribution in [0.15, 0.2) is 54.7 Å². The van der Waals surface area contributed by atoms with Crippen molar-refractivity contribution in [1.82, 2.24) is 15.0 Å². The van der Waals surface area contributed by atoms with Crippen LogP contribution in [0.5, 0.6) is 11.5 Å². The minimum Gasteiger partial charge on any atom is -0.454 e. The summed E-state index contributed by atoms with van der Waals surface area (Å²) in [7, 11) is 0. The van der Waals surface area contributed by atoms with E-state index in [9.17, 15) is 0 Å². The Hall–Kier alpha value is -2.82. The van der Waals surface area contributed by atoms with E-state index in [1.807, 2.05) is 59.4 Å². The van der Waals surface area contributed by atoms with Crippen molar-refractivity contribution in [3.63, 3.8) is 0 Å². The predicted octanol–water partition coefficient (Wildman–Crippen LogP) is 2.72. The van der Waals surface area contributed by atoms with Crippen LogP contribution < -0.4 is 9.47 Å². The third kappa shape index (κ3) is 2.33. The van der Waals surface area contributed by atoms with Crippen LogP contribution in [-0.2, 0) is 6.54 Å². The zero-order valence-electron chi connectivity index (χ0n) is 11.3. The lowest BCUT2D eigenvalue weighted by Gasteiger charge is -2.02. The van der Waals surface area contributed by atoms with Gasteiger partial charge in [0.25, 0.3) is 0 Å². The maximum absolute atomic E-state index is 5.38. The van der Waals surface area contributed by atoms with Crippen LogP contribution in [0.1, 0.15) is 5.56 Å². The van der Waals surface area contributed by atoms with Gasteiger partial charge in [0.15, 0.2) is 11.5 Å². The summed E-state index contributed by atoms with van der Waals surface area (Å²) in [5.74, 6) is 1.58. The fourth-order valence-electron chi connectivity index (χ4n) is 2.34. The molecule has 0 radical (unpaired) electrons. The number of hydrogen-bond acceptors (Lipinski definition) is 4. The summed E-state index contributed by atoms with van der Waals surface area (Å²) < 4.78 is 12.5. The SMILES string of the molecule is c1ccc(-c2cn(Cc3ccc4c(c3)OCO4)nn2)cc1. The third-order valence-corrected chi connectivity index (χ3v) is 3.39. The van der Waals surface area contributed by atoms with Gasteiger partial charge in [-0.05, 0) is 17.7 Å². The van der Waals surface area contributed by atoms with Gasteiger partial charge in [0.05, 0.1) is 12.7 Å². The highest BCUT2D eigenvalue weighted by Gasteiger charge is 2.13. The minimum atomic E-state index is 0.292. The Morgan fingerprint density at radius 1 is 1.00 bits per heavy atom. The number of hydrogen-bond donors (Lipinski definition) is 0. The van der Waals surface area contributed by atoms with Crippen LogP contribution in [0.4, 0.5) is 0 Å². The number of aromatic nitrogens is 3. The summed E-state index contributed by atoms with van der Waals surface area (Å²) in [5, 5.41) is 8.39. The minimum absolute atomic E-state index is 0.292. The van der Waals surface area contributed by atoms with Crippen molar-refractivity contribution in [2.24, 2.45) is 0 Å². The topological polar surface area (TPSA) is 49.2 Å². The normalized spacial score (nSPS) is 12.6. The molecular formula is C16H13N3O2. The van der Waals surface area contributed by atoms with E-state index in [4.69, 9.17) is 9.47 Å². The monoisotopic (exact) mass is 279 g/mol. The molecule has 0 saturated carbocycles. The molecule has 0 fully saturated rings. The molecule has 0 aliphatic carbocycles. The average molecular weight is 279 g/mol. The molecule has 2 aromatic carbocycles. The molecule has 0 bridgehead atoms. The first-order valence-corrected chi connectivity index (χ1v) is 6.72. The Balaban J connectivity index is 1.57. The summed E-state index contributed by atoms with van der Waals surface area (Å²) in [6.07, 6.45) is 1.94. The fourth-order valence-corrected chi connectivity index (χ4v) is 2.34. The van der Waals surface area contributed by atoms with Gasteiger partial charge in [-0.1, -0.05) is 41.6 Å². The highest BCUT2D eigenvalue weighted by molar-refractivity contribution is 5.57. The third-order valence-electron chi connectivity index (χ3n) is 3.39. The van der Waals surface area contributed by atoms with E-state index >= 15 is 0 Å². The number of fused-ring (bicyclic) bond motifs is 1. The molecule has 1 aliphatic rings. The standard InChI is InChI=1S/C16H13N3O2/c1-2-4-13(5-3-1)14-10-19(18-17-14)9-12-6-7-15-16(8-12)21-11-20-15/h1-8,10H,9,11H2. The van der Waals surface area contributed by atoms with E-state index in [0.29, 0.717) is 13.3 Å². The first-order valence-electron chi connectivity index (χ1n) is 6.72. The molecule has 1 aromatic heterocycles. The molecule has 3 aromatic rings. The van der Waals surface area contributed by atoms with E-state index in [2.05, 4.69) is 10.3 Å². The second kappa shape index (κ2) is 4.94. The van der Waals surface area contributed by atoms with Crippen molar-refractivity contribution < 1.29 is 9.47 Å². The molecule has 1 aliphatic heterocycles. The second-order valence-corrected chi connectivity index (χ2v) is 4.86. The van der Waals surface area contributed by atoms with Gasteiger partial charge in [0.1, 0.15) is 5.69 Å². The largest absolute Gasteiger partial charge is 0.454 e. The van der Waals surface area contributed by atoms with Gasteiger partial charge < -0.3 is 9.47 Å². The molecule has 0 atom stereocenters. The maximum atomic E-state index is 5.38. The molecule has 0 amide bonds. The Kier molecular flexibility index (Phi) is 2.81. The molecule has 2 heterocycles. The van der Waals surface area contributed by atoms with Crippen molar-refractivity contribution in [1.29, 1.82) is 0 Å². The van der Waals surface area contributed by atoms with Gasteiger partial charge in [0.2, 0.25) is 6.79 Å². The number of benzene rings is 2. The lowest BCUT2D eigenvalue weighted by molar-refractivity contribution is 0.174. The fraction of sp³-hybridized carbons (Fsp3) is 0.125. The summed E-state index contributed by atoms with van der Waals surface area (Å²) in [6.45, 7) is 0.941. The summed E-state index contributed by atoms with van der Waals surface area (Å²) in [6, 6.07) is 15.9. The Bertz CT molecular complexity index is 768. The Morgan fingerprint density at radius 2 is 1.86 bits per heavy atom. The van der Waals surface area contributed by atoms with Gasteiger partial charge >= 0.3 is 0 Å². The molecule has 104 valence electrons. The van der Waals surface area contributed by atoms with Crippen LogP contribution in [0.3, 0.4) is 0 Å². The zero-order valence-corrected chi connectivity index (χ0v) is 11.3. The molecule has 0 spiro atoms. The van der Waals surface area contributed by atoms with Crippen molar-refractivity contribution >= 4 is 0 Å². The van der Waals surface area contributed by atoms with Gasteiger partial charge in [-0.2, -0.15) is 0 Å². The average Bonchev–Trinajstić information content (AvgIpc) is 3.17. The summed E-state index contributed by atoms with van der Waals surface area (Å²) in [4.78, 5) is 0. The van der Waals surface area contributed by atoms with Crippen LogP contribution in [0.2, 0.25) is 0 Å². The van der Waals surface area contributed by atoms with Gasteiger partial charge in [0, 0.05) is 5.56 Å². The summed E-state index contributed by atoms with van der Waals surface area (Å²) in [5.41, 5.74) is 3.04. The lowest BCUT2D eigenvalue weighted by atomic mass is 10.2. The molecule has 21 heavy (non-hydrogen) atoms. The quantitative estimate of drug-likeness (QED) is 0.739. The molecular weight excluding hydrogens is 266 g/mol. The molecule has 5 nitrogen and oxygen atoms in total. The lowest BCUT2D eigenvalue weighted by Crippen LogP contribution is -2.00. The summed E-state index contributed by atoms with van der Waals surface area (Å²) >= 11 is 0. The van der Waals surface area contributed by atoms with Crippen LogP contribution in [0, 0.1) is 0 Å². The maximum Gasteiger partial charge on any atom is 0.231 e. The van der Waals surface area contributed by atoms with E-state index < -0.39 is 0 Å². The van der Waals surface area contributed by atoms with E-state index in [1.54, 1.807) is 0 Å². The zero-order chi connectivity index (χ0) is 14.1. The van der Waals surface area contributed by atoms with E-state index in [-0.39, 0.29) is 0 Å². The molecule has 5 heteroatoms. The first kappa shape index (κ1) is 12.0. The van der Waals surface area contributed by atoms with Crippen molar-refractivity contribution in [2.45, 2.75) is 6.54 Å².